The summed E-state index contributed by atoms with van der Waals surface area (Å²) < 4.78 is 36.4. The summed E-state index contributed by atoms with van der Waals surface area (Å²) in [6, 6.07) is 0. The van der Waals surface area contributed by atoms with Gasteiger partial charge < -0.3 is 19.9 Å². The molecule has 0 aromatic carbocycles. The summed E-state index contributed by atoms with van der Waals surface area (Å²) in [5, 5.41) is 33.1. The van der Waals surface area contributed by atoms with Gasteiger partial charge in [-0.2, -0.15) is 0 Å². The monoisotopic (exact) mass is 496 g/mol. The molecule has 0 aliphatic heterocycles. The average molecular weight is 497 g/mol. The predicted molar refractivity (Wildman–Crippen MR) is 118 cm³/mol. The zero-order chi connectivity index (χ0) is 23.5. The molecule has 0 heterocycles. The first-order valence-corrected chi connectivity index (χ1v) is 13.9. The summed E-state index contributed by atoms with van der Waals surface area (Å²) in [7, 11) is -4.65. The van der Waals surface area contributed by atoms with Crippen molar-refractivity contribution in [3.8, 4) is 0 Å². The number of aliphatic hydroxyl groups is 3. The SMILES string of the molecule is CC(CCCOS(=O)(=O)[O-])[C@H]1CC[C@H]2C3C(C[C@H](O)[C@]12C)[C@@]1(C)CC[C@@H](O)C[C@@H]1C[C@H]3O.[Na+]. The molecule has 0 aromatic rings. The molecule has 4 rings (SSSR count). The van der Waals surface area contributed by atoms with Gasteiger partial charge in [0.05, 0.1) is 24.9 Å². The molecular formula is C24H41NaO7S. The maximum Gasteiger partial charge on any atom is 1.00 e. The molecule has 0 bridgehead atoms. The van der Waals surface area contributed by atoms with Crippen LogP contribution in [0.15, 0.2) is 0 Å². The van der Waals surface area contributed by atoms with E-state index in [-0.39, 0.29) is 82.9 Å². The van der Waals surface area contributed by atoms with Crippen molar-refractivity contribution in [1.29, 1.82) is 0 Å². The van der Waals surface area contributed by atoms with Gasteiger partial charge in [0, 0.05) is 0 Å². The third-order valence-corrected chi connectivity index (χ3v) is 11.0. The van der Waals surface area contributed by atoms with Crippen molar-refractivity contribution < 1.29 is 62.0 Å². The molecule has 11 atom stereocenters. The second-order valence-electron chi connectivity index (χ2n) is 11.9. The van der Waals surface area contributed by atoms with Gasteiger partial charge in [0.1, 0.15) is 0 Å². The van der Waals surface area contributed by atoms with E-state index < -0.39 is 16.5 Å². The van der Waals surface area contributed by atoms with Gasteiger partial charge in [-0.05, 0) is 104 Å². The van der Waals surface area contributed by atoms with Crippen LogP contribution in [-0.4, -0.2) is 53.2 Å². The fraction of sp³-hybridized carbons (Fsp3) is 1.00. The number of hydrogen-bond donors (Lipinski definition) is 3. The molecule has 186 valence electrons. The molecule has 0 saturated heterocycles. The van der Waals surface area contributed by atoms with Gasteiger partial charge in [-0.3, -0.25) is 4.18 Å². The molecule has 9 heteroatoms. The van der Waals surface area contributed by atoms with Crippen molar-refractivity contribution in [3.63, 3.8) is 0 Å². The van der Waals surface area contributed by atoms with Crippen LogP contribution < -0.4 is 29.6 Å². The normalized spacial score (nSPS) is 48.2. The number of rotatable bonds is 6. The summed E-state index contributed by atoms with van der Waals surface area (Å²) in [5.41, 5.74) is -0.208. The van der Waals surface area contributed by atoms with E-state index in [0.29, 0.717) is 24.7 Å². The standard InChI is InChI=1S/C24H42O7S.Na/c1-14(5-4-10-31-32(28,29)30)17-6-7-18-22-19(13-21(27)24(17,18)3)23(2)9-8-16(25)11-15(23)12-20(22)26;/h14-22,25-27H,4-13H2,1-3H3,(H,28,29,30);/q;+1/p-1/t14?,15-,16-,17-,18+,19?,20-,21+,22?,23+,24-;/m1./s1. The van der Waals surface area contributed by atoms with Crippen LogP contribution in [0, 0.1) is 46.3 Å². The molecule has 4 saturated carbocycles. The van der Waals surface area contributed by atoms with Crippen molar-refractivity contribution >= 4 is 10.4 Å². The van der Waals surface area contributed by atoms with E-state index in [1.165, 1.54) is 0 Å². The Hall–Kier alpha value is 0.750. The van der Waals surface area contributed by atoms with Crippen LogP contribution in [0.2, 0.25) is 0 Å². The van der Waals surface area contributed by atoms with Crippen molar-refractivity contribution in [1.82, 2.24) is 0 Å². The molecular weight excluding hydrogens is 455 g/mol. The van der Waals surface area contributed by atoms with Crippen LogP contribution >= 0.6 is 0 Å². The fourth-order valence-electron chi connectivity index (χ4n) is 8.90. The topological polar surface area (TPSA) is 127 Å². The van der Waals surface area contributed by atoms with Crippen LogP contribution in [0.5, 0.6) is 0 Å². The molecule has 0 radical (unpaired) electrons. The fourth-order valence-corrected chi connectivity index (χ4v) is 9.22. The van der Waals surface area contributed by atoms with E-state index in [1.54, 1.807) is 0 Å². The summed E-state index contributed by atoms with van der Waals surface area (Å²) in [5.74, 6) is 1.60. The van der Waals surface area contributed by atoms with Crippen molar-refractivity contribution in [3.05, 3.63) is 0 Å². The smallest absolute Gasteiger partial charge is 0.726 e. The Balaban J connectivity index is 0.00000306. The van der Waals surface area contributed by atoms with E-state index in [0.717, 1.165) is 44.9 Å². The largest absolute Gasteiger partial charge is 1.00 e. The molecule has 3 N–H and O–H groups in total. The average Bonchev–Trinajstić information content (AvgIpc) is 3.05. The second-order valence-corrected chi connectivity index (χ2v) is 12.9. The molecule has 0 aromatic heterocycles. The molecule has 4 aliphatic rings. The molecule has 33 heavy (non-hydrogen) atoms. The number of fused-ring (bicyclic) bond motifs is 5. The molecule has 4 fully saturated rings. The van der Waals surface area contributed by atoms with Crippen LogP contribution in [0.4, 0.5) is 0 Å². The Morgan fingerprint density at radius 2 is 1.76 bits per heavy atom. The van der Waals surface area contributed by atoms with Crippen molar-refractivity contribution in [2.45, 2.75) is 96.9 Å². The summed E-state index contributed by atoms with van der Waals surface area (Å²) in [6.07, 6.45) is 6.12. The summed E-state index contributed by atoms with van der Waals surface area (Å²) >= 11 is 0. The first kappa shape index (κ1) is 28.3. The van der Waals surface area contributed by atoms with Gasteiger partial charge in [0.25, 0.3) is 0 Å². The van der Waals surface area contributed by atoms with Gasteiger partial charge in [-0.25, -0.2) is 8.42 Å². The minimum absolute atomic E-state index is 0. The molecule has 3 unspecified atom stereocenters. The van der Waals surface area contributed by atoms with Gasteiger partial charge in [-0.15, -0.1) is 0 Å². The van der Waals surface area contributed by atoms with Gasteiger partial charge >= 0.3 is 29.6 Å². The Morgan fingerprint density at radius 3 is 2.42 bits per heavy atom. The minimum atomic E-state index is -4.65. The Morgan fingerprint density at radius 1 is 1.06 bits per heavy atom. The predicted octanol–water partition coefficient (Wildman–Crippen LogP) is -0.155. The molecule has 4 aliphatic carbocycles. The molecule has 0 spiro atoms. The maximum atomic E-state index is 11.5. The first-order chi connectivity index (χ1) is 14.9. The van der Waals surface area contributed by atoms with Gasteiger partial charge in [0.2, 0.25) is 10.4 Å². The van der Waals surface area contributed by atoms with Gasteiger partial charge in [-0.1, -0.05) is 20.8 Å². The minimum Gasteiger partial charge on any atom is -0.726 e. The summed E-state index contributed by atoms with van der Waals surface area (Å²) in [4.78, 5) is 0. The number of hydrogen-bond acceptors (Lipinski definition) is 7. The Bertz CT molecular complexity index is 794. The van der Waals surface area contributed by atoms with E-state index >= 15 is 0 Å². The number of aliphatic hydroxyl groups excluding tert-OH is 3. The Kier molecular flexibility index (Phi) is 8.80. The van der Waals surface area contributed by atoms with Crippen molar-refractivity contribution in [2.24, 2.45) is 46.3 Å². The second kappa shape index (κ2) is 10.3. The zero-order valence-corrected chi connectivity index (χ0v) is 23.5. The van der Waals surface area contributed by atoms with Crippen molar-refractivity contribution in [2.75, 3.05) is 6.61 Å². The van der Waals surface area contributed by atoms with Crippen LogP contribution in [-0.2, 0) is 14.6 Å². The van der Waals surface area contributed by atoms with Gasteiger partial charge in [0.15, 0.2) is 0 Å². The maximum absolute atomic E-state index is 11.5. The van der Waals surface area contributed by atoms with E-state index in [9.17, 15) is 28.3 Å². The third-order valence-electron chi connectivity index (χ3n) is 10.6. The quantitative estimate of drug-likeness (QED) is 0.202. The van der Waals surface area contributed by atoms with Crippen LogP contribution in [0.3, 0.4) is 0 Å². The zero-order valence-electron chi connectivity index (χ0n) is 20.7. The van der Waals surface area contributed by atoms with E-state index in [1.807, 2.05) is 0 Å². The first-order valence-electron chi connectivity index (χ1n) is 12.5. The molecule has 7 nitrogen and oxygen atoms in total. The van der Waals surface area contributed by atoms with Crippen LogP contribution in [0.25, 0.3) is 0 Å². The Labute approximate surface area is 221 Å². The summed E-state index contributed by atoms with van der Waals surface area (Å²) in [6.45, 7) is 6.60. The van der Waals surface area contributed by atoms with Crippen LogP contribution in [0.1, 0.15) is 78.6 Å². The molecule has 0 amide bonds. The van der Waals surface area contributed by atoms with E-state index in [2.05, 4.69) is 25.0 Å². The van der Waals surface area contributed by atoms with E-state index in [4.69, 9.17) is 0 Å². The third kappa shape index (κ3) is 5.12.